The highest BCUT2D eigenvalue weighted by molar-refractivity contribution is 5.95. The highest BCUT2D eigenvalue weighted by Gasteiger charge is 2.45. The van der Waals surface area contributed by atoms with E-state index in [1.807, 2.05) is 35.2 Å². The number of hydrogen-bond donors (Lipinski definition) is 1. The molecule has 2 heterocycles. The van der Waals surface area contributed by atoms with Crippen LogP contribution in [0, 0.1) is 5.92 Å². The van der Waals surface area contributed by atoms with Crippen LogP contribution in [-0.4, -0.2) is 78.6 Å². The molecule has 0 unspecified atom stereocenters. The van der Waals surface area contributed by atoms with Gasteiger partial charge in [-0.25, -0.2) is 0 Å². The molecule has 6 nitrogen and oxygen atoms in total. The largest absolute Gasteiger partial charge is 0.389 e. The van der Waals surface area contributed by atoms with Gasteiger partial charge in [-0.15, -0.1) is 0 Å². The molecular formula is C21H30N2O4. The van der Waals surface area contributed by atoms with Crippen molar-refractivity contribution in [3.63, 3.8) is 0 Å². The number of ether oxygens (including phenoxy) is 1. The van der Waals surface area contributed by atoms with Gasteiger partial charge in [-0.05, 0) is 25.8 Å². The standard InChI is InChI=1S/C21H30N2O4/c1-27-16-20(25)23-13-10-21(26)9-12-22(14-18(21)15-23)11-5-8-19(24)17-6-3-2-4-7-17/h2-4,6-7,18,26H,5,8-16H2,1H3/t18-,21-/m1/s1. The number of ketones is 1. The number of carbonyl (C=O) groups excluding carboxylic acids is 2. The summed E-state index contributed by atoms with van der Waals surface area (Å²) in [4.78, 5) is 28.5. The Morgan fingerprint density at radius 2 is 1.93 bits per heavy atom. The fraction of sp³-hybridized carbons (Fsp3) is 0.619. The van der Waals surface area contributed by atoms with Gasteiger partial charge < -0.3 is 19.6 Å². The SMILES string of the molecule is COCC(=O)N1CC[C@]2(O)CCN(CCCC(=O)c3ccccc3)C[C@@H]2C1. The number of nitrogens with zero attached hydrogens (tertiary/aromatic N) is 2. The van der Waals surface area contributed by atoms with Gasteiger partial charge in [0.15, 0.2) is 5.78 Å². The van der Waals surface area contributed by atoms with Crippen LogP contribution in [0.5, 0.6) is 0 Å². The van der Waals surface area contributed by atoms with Crippen molar-refractivity contribution in [2.75, 3.05) is 46.4 Å². The van der Waals surface area contributed by atoms with Crippen molar-refractivity contribution in [3.8, 4) is 0 Å². The fourth-order valence-corrected chi connectivity index (χ4v) is 4.25. The maximum absolute atomic E-state index is 12.2. The molecule has 2 aliphatic rings. The molecule has 2 fully saturated rings. The molecule has 27 heavy (non-hydrogen) atoms. The third kappa shape index (κ3) is 4.94. The number of methoxy groups -OCH3 is 1. The zero-order chi connectivity index (χ0) is 19.3. The normalized spacial score (nSPS) is 25.9. The Kier molecular flexibility index (Phi) is 6.63. The molecular weight excluding hydrogens is 344 g/mol. The average Bonchev–Trinajstić information content (AvgIpc) is 2.68. The van der Waals surface area contributed by atoms with Crippen LogP contribution < -0.4 is 0 Å². The minimum absolute atomic E-state index is 0.00914. The highest BCUT2D eigenvalue weighted by atomic mass is 16.5. The predicted molar refractivity (Wildman–Crippen MR) is 103 cm³/mol. The van der Waals surface area contributed by atoms with Crippen molar-refractivity contribution in [3.05, 3.63) is 35.9 Å². The number of benzene rings is 1. The first-order chi connectivity index (χ1) is 13.0. The molecule has 0 spiro atoms. The molecule has 6 heteroatoms. The molecule has 148 valence electrons. The van der Waals surface area contributed by atoms with Crippen molar-refractivity contribution in [2.24, 2.45) is 5.92 Å². The minimum atomic E-state index is -0.666. The van der Waals surface area contributed by atoms with E-state index in [2.05, 4.69) is 4.90 Å². The molecule has 0 radical (unpaired) electrons. The number of aliphatic hydroxyl groups is 1. The van der Waals surface area contributed by atoms with E-state index in [4.69, 9.17) is 4.74 Å². The summed E-state index contributed by atoms with van der Waals surface area (Å²) >= 11 is 0. The first kappa shape index (κ1) is 20.0. The minimum Gasteiger partial charge on any atom is -0.389 e. The molecule has 1 aromatic carbocycles. The van der Waals surface area contributed by atoms with Crippen LogP contribution in [0.4, 0.5) is 0 Å². The number of fused-ring (bicyclic) bond motifs is 1. The molecule has 1 N–H and O–H groups in total. The number of likely N-dealkylation sites (tertiary alicyclic amines) is 2. The fourth-order valence-electron chi connectivity index (χ4n) is 4.25. The number of hydrogen-bond acceptors (Lipinski definition) is 5. The van der Waals surface area contributed by atoms with Gasteiger partial charge in [-0.1, -0.05) is 30.3 Å². The summed E-state index contributed by atoms with van der Waals surface area (Å²) in [5, 5.41) is 11.0. The Labute approximate surface area is 161 Å². The molecule has 0 saturated carbocycles. The molecule has 1 amide bonds. The Balaban J connectivity index is 1.48. The van der Waals surface area contributed by atoms with Crippen LogP contribution in [0.15, 0.2) is 30.3 Å². The number of rotatable bonds is 7. The number of Topliss-reactive ketones (excluding diaryl/α,β-unsaturated/α-hetero) is 1. The van der Waals surface area contributed by atoms with Crippen LogP contribution in [0.3, 0.4) is 0 Å². The van der Waals surface area contributed by atoms with Crippen molar-refractivity contribution < 1.29 is 19.4 Å². The Morgan fingerprint density at radius 3 is 2.67 bits per heavy atom. The molecule has 1 aromatic rings. The van der Waals surface area contributed by atoms with Gasteiger partial charge in [0.25, 0.3) is 0 Å². The average molecular weight is 374 g/mol. The summed E-state index contributed by atoms with van der Waals surface area (Å²) in [6.07, 6.45) is 2.71. The summed E-state index contributed by atoms with van der Waals surface area (Å²) in [7, 11) is 1.53. The summed E-state index contributed by atoms with van der Waals surface area (Å²) < 4.78 is 4.96. The monoisotopic (exact) mass is 374 g/mol. The Bertz CT molecular complexity index is 651. The highest BCUT2D eigenvalue weighted by Crippen LogP contribution is 2.35. The molecule has 0 bridgehead atoms. The van der Waals surface area contributed by atoms with E-state index >= 15 is 0 Å². The molecule has 0 aliphatic carbocycles. The van der Waals surface area contributed by atoms with Gasteiger partial charge in [0.2, 0.25) is 5.91 Å². The van der Waals surface area contributed by atoms with Gasteiger partial charge in [0.1, 0.15) is 6.61 Å². The van der Waals surface area contributed by atoms with Crippen LogP contribution in [0.2, 0.25) is 0 Å². The van der Waals surface area contributed by atoms with Gasteiger partial charge >= 0.3 is 0 Å². The van der Waals surface area contributed by atoms with E-state index in [9.17, 15) is 14.7 Å². The Hall–Kier alpha value is -1.76. The lowest BCUT2D eigenvalue weighted by atomic mass is 9.75. The van der Waals surface area contributed by atoms with Gasteiger partial charge in [0.05, 0.1) is 5.60 Å². The van der Waals surface area contributed by atoms with Crippen molar-refractivity contribution in [1.29, 1.82) is 0 Å². The third-order valence-electron chi connectivity index (χ3n) is 5.95. The molecule has 3 rings (SSSR count). The van der Waals surface area contributed by atoms with E-state index in [-0.39, 0.29) is 24.2 Å². The smallest absolute Gasteiger partial charge is 0.248 e. The lowest BCUT2D eigenvalue weighted by molar-refractivity contribution is -0.150. The van der Waals surface area contributed by atoms with Gasteiger partial charge in [0, 0.05) is 51.2 Å². The van der Waals surface area contributed by atoms with Crippen LogP contribution in [-0.2, 0) is 9.53 Å². The number of amides is 1. The van der Waals surface area contributed by atoms with Crippen molar-refractivity contribution in [1.82, 2.24) is 9.80 Å². The molecule has 0 aromatic heterocycles. The lowest BCUT2D eigenvalue weighted by Gasteiger charge is -2.50. The predicted octanol–water partition coefficient (Wildman–Crippen LogP) is 1.58. The number of carbonyl (C=O) groups is 2. The lowest BCUT2D eigenvalue weighted by Crippen LogP contribution is -2.61. The van der Waals surface area contributed by atoms with Crippen molar-refractivity contribution >= 4 is 11.7 Å². The van der Waals surface area contributed by atoms with E-state index in [1.54, 1.807) is 0 Å². The summed E-state index contributed by atoms with van der Waals surface area (Å²) in [6, 6.07) is 9.40. The van der Waals surface area contributed by atoms with Crippen LogP contribution in [0.25, 0.3) is 0 Å². The van der Waals surface area contributed by atoms with E-state index in [1.165, 1.54) is 7.11 Å². The Morgan fingerprint density at radius 1 is 1.19 bits per heavy atom. The molecule has 2 aliphatic heterocycles. The molecule has 2 atom stereocenters. The van der Waals surface area contributed by atoms with Crippen LogP contribution in [0.1, 0.15) is 36.0 Å². The maximum Gasteiger partial charge on any atom is 0.248 e. The zero-order valence-electron chi connectivity index (χ0n) is 16.1. The second-order valence-electron chi connectivity index (χ2n) is 7.77. The summed E-state index contributed by atoms with van der Waals surface area (Å²) in [6.45, 7) is 3.73. The van der Waals surface area contributed by atoms with E-state index < -0.39 is 5.60 Å². The second kappa shape index (κ2) is 8.95. The summed E-state index contributed by atoms with van der Waals surface area (Å²) in [5.41, 5.74) is 0.102. The van der Waals surface area contributed by atoms with Gasteiger partial charge in [-0.2, -0.15) is 0 Å². The van der Waals surface area contributed by atoms with Crippen molar-refractivity contribution in [2.45, 2.75) is 31.3 Å². The maximum atomic E-state index is 12.2. The topological polar surface area (TPSA) is 70.1 Å². The first-order valence-corrected chi connectivity index (χ1v) is 9.81. The van der Waals surface area contributed by atoms with Crippen LogP contribution >= 0.6 is 0 Å². The third-order valence-corrected chi connectivity index (χ3v) is 5.95. The quantitative estimate of drug-likeness (QED) is 0.734. The second-order valence-corrected chi connectivity index (χ2v) is 7.77. The first-order valence-electron chi connectivity index (χ1n) is 9.81. The number of piperidine rings is 2. The van der Waals surface area contributed by atoms with Gasteiger partial charge in [-0.3, -0.25) is 9.59 Å². The van der Waals surface area contributed by atoms with E-state index in [0.29, 0.717) is 25.9 Å². The molecule has 2 saturated heterocycles. The summed E-state index contributed by atoms with van der Waals surface area (Å²) in [5.74, 6) is 0.230. The zero-order valence-corrected chi connectivity index (χ0v) is 16.1. The van der Waals surface area contributed by atoms with E-state index in [0.717, 1.165) is 38.0 Å².